The van der Waals surface area contributed by atoms with E-state index >= 15 is 0 Å². The first-order chi connectivity index (χ1) is 12.0. The molecule has 1 aromatic heterocycles. The van der Waals surface area contributed by atoms with E-state index in [1.54, 1.807) is 6.21 Å². The zero-order valence-electron chi connectivity index (χ0n) is 14.0. The summed E-state index contributed by atoms with van der Waals surface area (Å²) in [6, 6.07) is 11.7. The topological polar surface area (TPSA) is 66.5 Å². The lowest BCUT2D eigenvalue weighted by molar-refractivity contribution is -0.123. The highest BCUT2D eigenvalue weighted by molar-refractivity contribution is 9.10. The smallest absolute Gasteiger partial charge is 0.277 e. The third kappa shape index (κ3) is 4.09. The largest absolute Gasteiger partial charge is 0.483 e. The van der Waals surface area contributed by atoms with Gasteiger partial charge in [-0.05, 0) is 49.2 Å². The number of halogens is 1. The summed E-state index contributed by atoms with van der Waals surface area (Å²) < 4.78 is 6.62. The molecule has 0 aliphatic carbocycles. The molecule has 1 heterocycles. The van der Waals surface area contributed by atoms with Crippen LogP contribution >= 0.6 is 15.9 Å². The Kier molecular flexibility index (Phi) is 5.19. The standard InChI is InChI=1S/C19H18BrN3O2/c1-12-8-15(20)9-13(2)19(12)25-11-18(24)23-22-10-14-4-3-5-17-16(14)6-7-21-17/h3-10,21H,11H2,1-2H3,(H,23,24). The summed E-state index contributed by atoms with van der Waals surface area (Å²) in [6.45, 7) is 3.80. The Labute approximate surface area is 154 Å². The molecule has 25 heavy (non-hydrogen) atoms. The van der Waals surface area contributed by atoms with Gasteiger partial charge in [0.05, 0.1) is 6.21 Å². The first kappa shape index (κ1) is 17.2. The molecule has 2 N–H and O–H groups in total. The average molecular weight is 400 g/mol. The van der Waals surface area contributed by atoms with Gasteiger partial charge in [0.15, 0.2) is 6.61 Å². The molecule has 3 rings (SSSR count). The summed E-state index contributed by atoms with van der Waals surface area (Å²) in [7, 11) is 0. The van der Waals surface area contributed by atoms with E-state index in [-0.39, 0.29) is 12.5 Å². The Balaban J connectivity index is 1.59. The van der Waals surface area contributed by atoms with E-state index in [9.17, 15) is 4.79 Å². The lowest BCUT2D eigenvalue weighted by Gasteiger charge is -2.11. The maximum atomic E-state index is 11.9. The summed E-state index contributed by atoms with van der Waals surface area (Å²) >= 11 is 3.44. The highest BCUT2D eigenvalue weighted by atomic mass is 79.9. The Bertz CT molecular complexity index is 924. The maximum Gasteiger partial charge on any atom is 0.277 e. The van der Waals surface area contributed by atoms with Crippen LogP contribution in [0.2, 0.25) is 0 Å². The zero-order chi connectivity index (χ0) is 17.8. The van der Waals surface area contributed by atoms with E-state index in [4.69, 9.17) is 4.74 Å². The third-order valence-corrected chi connectivity index (χ3v) is 4.25. The van der Waals surface area contributed by atoms with Gasteiger partial charge in [-0.1, -0.05) is 28.1 Å². The second kappa shape index (κ2) is 7.53. The van der Waals surface area contributed by atoms with Gasteiger partial charge in [-0.25, -0.2) is 5.43 Å². The minimum absolute atomic E-state index is 0.0883. The number of carbonyl (C=O) groups is 1. The zero-order valence-corrected chi connectivity index (χ0v) is 15.6. The predicted octanol–water partition coefficient (Wildman–Crippen LogP) is 4.08. The van der Waals surface area contributed by atoms with Crippen LogP contribution in [0, 0.1) is 13.8 Å². The van der Waals surface area contributed by atoms with Crippen LogP contribution in [-0.2, 0) is 4.79 Å². The number of H-pyrrole nitrogens is 1. The number of nitrogens with zero attached hydrogens (tertiary/aromatic N) is 1. The fraction of sp³-hybridized carbons (Fsp3) is 0.158. The Morgan fingerprint density at radius 2 is 2.04 bits per heavy atom. The second-order valence-corrected chi connectivity index (χ2v) is 6.65. The second-order valence-electron chi connectivity index (χ2n) is 5.74. The van der Waals surface area contributed by atoms with Gasteiger partial charge in [-0.2, -0.15) is 5.10 Å². The van der Waals surface area contributed by atoms with Gasteiger partial charge in [0.1, 0.15) is 5.75 Å². The average Bonchev–Trinajstić information content (AvgIpc) is 3.03. The van der Waals surface area contributed by atoms with Crippen LogP contribution in [0.4, 0.5) is 0 Å². The number of aryl methyl sites for hydroxylation is 2. The molecule has 6 heteroatoms. The van der Waals surface area contributed by atoms with Gasteiger partial charge in [0, 0.05) is 27.1 Å². The molecule has 0 aliphatic heterocycles. The molecule has 128 valence electrons. The lowest BCUT2D eigenvalue weighted by atomic mass is 10.1. The number of carbonyl (C=O) groups excluding carboxylic acids is 1. The van der Waals surface area contributed by atoms with Crippen LogP contribution in [0.15, 0.2) is 52.2 Å². The van der Waals surface area contributed by atoms with Crippen LogP contribution < -0.4 is 10.2 Å². The minimum Gasteiger partial charge on any atom is -0.483 e. The highest BCUT2D eigenvalue weighted by Gasteiger charge is 2.08. The quantitative estimate of drug-likeness (QED) is 0.501. The minimum atomic E-state index is -0.306. The molecule has 0 bridgehead atoms. The van der Waals surface area contributed by atoms with E-state index in [0.29, 0.717) is 0 Å². The van der Waals surface area contributed by atoms with Crippen LogP contribution in [0.3, 0.4) is 0 Å². The van der Waals surface area contributed by atoms with Crippen molar-refractivity contribution in [2.75, 3.05) is 6.61 Å². The summed E-state index contributed by atoms with van der Waals surface area (Å²) in [6.07, 6.45) is 3.50. The number of aromatic amines is 1. The molecule has 0 spiro atoms. The number of fused-ring (bicyclic) bond motifs is 1. The van der Waals surface area contributed by atoms with Crippen molar-refractivity contribution in [2.45, 2.75) is 13.8 Å². The van der Waals surface area contributed by atoms with Crippen LogP contribution in [0.25, 0.3) is 10.9 Å². The van der Waals surface area contributed by atoms with Gasteiger partial charge >= 0.3 is 0 Å². The molecule has 2 aromatic carbocycles. The number of benzene rings is 2. The molecule has 0 saturated heterocycles. The van der Waals surface area contributed by atoms with Gasteiger partial charge in [-0.3, -0.25) is 4.79 Å². The van der Waals surface area contributed by atoms with Crippen molar-refractivity contribution >= 4 is 39.0 Å². The fourth-order valence-electron chi connectivity index (χ4n) is 2.69. The van der Waals surface area contributed by atoms with Crippen molar-refractivity contribution in [3.05, 3.63) is 63.8 Å². The lowest BCUT2D eigenvalue weighted by Crippen LogP contribution is -2.25. The van der Waals surface area contributed by atoms with Crippen molar-refractivity contribution in [3.8, 4) is 5.75 Å². The number of rotatable bonds is 5. The number of hydrogen-bond donors (Lipinski definition) is 2. The predicted molar refractivity (Wildman–Crippen MR) is 103 cm³/mol. The third-order valence-electron chi connectivity index (χ3n) is 3.79. The Hall–Kier alpha value is -2.60. The van der Waals surface area contributed by atoms with E-state index < -0.39 is 0 Å². The molecule has 1 amide bonds. The molecule has 0 aliphatic rings. The number of ether oxygens (including phenoxy) is 1. The van der Waals surface area contributed by atoms with Gasteiger partial charge < -0.3 is 9.72 Å². The number of nitrogens with one attached hydrogen (secondary N) is 2. The van der Waals surface area contributed by atoms with Crippen molar-refractivity contribution < 1.29 is 9.53 Å². The normalized spacial score (nSPS) is 11.2. The first-order valence-corrected chi connectivity index (χ1v) is 8.61. The molecular weight excluding hydrogens is 382 g/mol. The number of aromatic nitrogens is 1. The highest BCUT2D eigenvalue weighted by Crippen LogP contribution is 2.27. The van der Waals surface area contributed by atoms with Crippen molar-refractivity contribution in [3.63, 3.8) is 0 Å². The van der Waals surface area contributed by atoms with Gasteiger partial charge in [0.25, 0.3) is 5.91 Å². The van der Waals surface area contributed by atoms with E-state index in [1.165, 1.54) is 0 Å². The van der Waals surface area contributed by atoms with Crippen molar-refractivity contribution in [1.82, 2.24) is 10.4 Å². The van der Waals surface area contributed by atoms with Crippen LogP contribution in [-0.4, -0.2) is 23.7 Å². The van der Waals surface area contributed by atoms with Crippen LogP contribution in [0.5, 0.6) is 5.75 Å². The number of amides is 1. The van der Waals surface area contributed by atoms with Gasteiger partial charge in [0.2, 0.25) is 0 Å². The Morgan fingerprint density at radius 3 is 2.80 bits per heavy atom. The first-order valence-electron chi connectivity index (χ1n) is 7.82. The van der Waals surface area contributed by atoms with Crippen molar-refractivity contribution in [2.24, 2.45) is 5.10 Å². The summed E-state index contributed by atoms with van der Waals surface area (Å²) in [5, 5.41) is 5.07. The molecular formula is C19H18BrN3O2. The summed E-state index contributed by atoms with van der Waals surface area (Å²) in [5.74, 6) is 0.415. The van der Waals surface area contributed by atoms with Crippen molar-refractivity contribution in [1.29, 1.82) is 0 Å². The van der Waals surface area contributed by atoms with Crippen LogP contribution in [0.1, 0.15) is 16.7 Å². The molecule has 0 atom stereocenters. The molecule has 3 aromatic rings. The van der Waals surface area contributed by atoms with Gasteiger partial charge in [-0.15, -0.1) is 0 Å². The molecule has 0 fully saturated rings. The monoisotopic (exact) mass is 399 g/mol. The summed E-state index contributed by atoms with van der Waals surface area (Å²) in [5.41, 5.74) is 6.40. The molecule has 0 unspecified atom stereocenters. The molecule has 0 saturated carbocycles. The molecule has 0 radical (unpaired) electrons. The SMILES string of the molecule is Cc1cc(Br)cc(C)c1OCC(=O)NN=Cc1cccc2[nH]ccc12. The number of hydrogen-bond acceptors (Lipinski definition) is 3. The Morgan fingerprint density at radius 1 is 1.28 bits per heavy atom. The van der Waals surface area contributed by atoms with E-state index in [1.807, 2.05) is 56.4 Å². The fourth-order valence-corrected chi connectivity index (χ4v) is 3.38. The van der Waals surface area contributed by atoms with E-state index in [2.05, 4.69) is 31.4 Å². The maximum absolute atomic E-state index is 11.9. The summed E-state index contributed by atoms with van der Waals surface area (Å²) in [4.78, 5) is 15.1. The van der Waals surface area contributed by atoms with E-state index in [0.717, 1.165) is 37.8 Å². The number of hydrazone groups is 1. The molecule has 5 nitrogen and oxygen atoms in total.